The second-order valence-corrected chi connectivity index (χ2v) is 3.88. The molecule has 6 nitrogen and oxygen atoms in total. The van der Waals surface area contributed by atoms with Crippen LogP contribution in [0.3, 0.4) is 0 Å². The van der Waals surface area contributed by atoms with Crippen molar-refractivity contribution in [2.45, 2.75) is 0 Å². The number of ether oxygens (including phenoxy) is 1. The zero-order valence-corrected chi connectivity index (χ0v) is 10.6. The van der Waals surface area contributed by atoms with Crippen LogP contribution in [0, 0.1) is 0 Å². The predicted octanol–water partition coefficient (Wildman–Crippen LogP) is 2.29. The first-order chi connectivity index (χ1) is 9.24. The standard InChI is InChI=1S/C12H11ClN4O2/c13-9-2-4-10(5-3-9)19-8-16-12(18)17-11-14-6-1-7-15-11/h1-7H,8H2,(H2,14,15,16,17,18). The van der Waals surface area contributed by atoms with Gasteiger partial charge in [-0.05, 0) is 30.3 Å². The van der Waals surface area contributed by atoms with E-state index in [0.717, 1.165) is 0 Å². The minimum atomic E-state index is -0.444. The van der Waals surface area contributed by atoms with Crippen LogP contribution in [0.1, 0.15) is 0 Å². The minimum absolute atomic E-state index is 0.0281. The van der Waals surface area contributed by atoms with Crippen LogP contribution in [-0.2, 0) is 0 Å². The second-order valence-electron chi connectivity index (χ2n) is 3.45. The largest absolute Gasteiger partial charge is 0.473 e. The van der Waals surface area contributed by atoms with E-state index in [-0.39, 0.29) is 12.7 Å². The molecular weight excluding hydrogens is 268 g/mol. The van der Waals surface area contributed by atoms with E-state index in [1.165, 1.54) is 12.4 Å². The normalized spacial score (nSPS) is 9.74. The Kier molecular flexibility index (Phi) is 4.52. The van der Waals surface area contributed by atoms with Crippen molar-refractivity contribution in [1.29, 1.82) is 0 Å². The molecule has 2 rings (SSSR count). The fourth-order valence-electron chi connectivity index (χ4n) is 1.23. The van der Waals surface area contributed by atoms with Gasteiger partial charge in [0, 0.05) is 17.4 Å². The Hall–Kier alpha value is -2.34. The molecule has 0 atom stereocenters. The maximum atomic E-state index is 11.5. The summed E-state index contributed by atoms with van der Waals surface area (Å²) in [5, 5.41) is 5.60. The van der Waals surface area contributed by atoms with E-state index in [4.69, 9.17) is 16.3 Å². The zero-order chi connectivity index (χ0) is 13.5. The molecule has 0 saturated heterocycles. The predicted molar refractivity (Wildman–Crippen MR) is 71.1 cm³/mol. The number of amides is 2. The Morgan fingerprint density at radius 1 is 1.21 bits per heavy atom. The summed E-state index contributed by atoms with van der Waals surface area (Å²) in [6, 6.07) is 8.04. The Labute approximate surface area is 114 Å². The van der Waals surface area contributed by atoms with Gasteiger partial charge < -0.3 is 10.1 Å². The van der Waals surface area contributed by atoms with Crippen LogP contribution in [0.15, 0.2) is 42.7 Å². The summed E-state index contributed by atoms with van der Waals surface area (Å²) in [7, 11) is 0. The van der Waals surface area contributed by atoms with E-state index in [9.17, 15) is 4.79 Å². The quantitative estimate of drug-likeness (QED) is 0.841. The van der Waals surface area contributed by atoms with E-state index in [2.05, 4.69) is 20.6 Å². The second kappa shape index (κ2) is 6.55. The maximum absolute atomic E-state index is 11.5. The number of aromatic nitrogens is 2. The van der Waals surface area contributed by atoms with Crippen LogP contribution in [0.5, 0.6) is 5.75 Å². The van der Waals surface area contributed by atoms with Crippen molar-refractivity contribution in [3.8, 4) is 5.75 Å². The van der Waals surface area contributed by atoms with Crippen LogP contribution in [0.4, 0.5) is 10.7 Å². The summed E-state index contributed by atoms with van der Waals surface area (Å²) in [6.45, 7) is 0.0281. The fraction of sp³-hybridized carbons (Fsp3) is 0.0833. The number of urea groups is 1. The number of rotatable bonds is 4. The van der Waals surface area contributed by atoms with E-state index < -0.39 is 6.03 Å². The van der Waals surface area contributed by atoms with E-state index in [0.29, 0.717) is 10.8 Å². The molecule has 0 aliphatic heterocycles. The summed E-state index contributed by atoms with van der Waals surface area (Å²) in [5.74, 6) is 0.840. The summed E-state index contributed by atoms with van der Waals surface area (Å²) in [4.78, 5) is 19.2. The monoisotopic (exact) mass is 278 g/mol. The molecule has 2 N–H and O–H groups in total. The average molecular weight is 279 g/mol. The lowest BCUT2D eigenvalue weighted by atomic mass is 10.3. The average Bonchev–Trinajstić information content (AvgIpc) is 2.42. The first-order valence-corrected chi connectivity index (χ1v) is 5.82. The molecule has 0 saturated carbocycles. The summed E-state index contributed by atoms with van der Waals surface area (Å²) in [6.07, 6.45) is 3.07. The fourth-order valence-corrected chi connectivity index (χ4v) is 1.35. The smallest absolute Gasteiger partial charge is 0.324 e. The van der Waals surface area contributed by atoms with Gasteiger partial charge in [-0.15, -0.1) is 0 Å². The summed E-state index contributed by atoms with van der Waals surface area (Å²) in [5.41, 5.74) is 0. The summed E-state index contributed by atoms with van der Waals surface area (Å²) >= 11 is 5.74. The molecule has 0 fully saturated rings. The first-order valence-electron chi connectivity index (χ1n) is 5.44. The third-order valence-electron chi connectivity index (χ3n) is 2.08. The highest BCUT2D eigenvalue weighted by molar-refractivity contribution is 6.30. The molecule has 19 heavy (non-hydrogen) atoms. The van der Waals surface area contributed by atoms with Gasteiger partial charge in [-0.1, -0.05) is 11.6 Å². The van der Waals surface area contributed by atoms with Crippen molar-refractivity contribution >= 4 is 23.6 Å². The van der Waals surface area contributed by atoms with Crippen molar-refractivity contribution in [2.75, 3.05) is 12.0 Å². The van der Waals surface area contributed by atoms with Crippen molar-refractivity contribution in [2.24, 2.45) is 0 Å². The lowest BCUT2D eigenvalue weighted by molar-refractivity contribution is 0.234. The molecule has 0 aliphatic carbocycles. The maximum Gasteiger partial charge on any atom is 0.324 e. The molecule has 7 heteroatoms. The SMILES string of the molecule is O=C(NCOc1ccc(Cl)cc1)Nc1ncccn1. The van der Waals surface area contributed by atoms with Gasteiger partial charge in [0.15, 0.2) is 6.73 Å². The number of hydrogen-bond donors (Lipinski definition) is 2. The number of carbonyl (C=O) groups excluding carboxylic acids is 1. The first kappa shape index (κ1) is 13.1. The van der Waals surface area contributed by atoms with Gasteiger partial charge in [-0.3, -0.25) is 5.32 Å². The van der Waals surface area contributed by atoms with Crippen LogP contribution in [-0.4, -0.2) is 22.7 Å². The Balaban J connectivity index is 1.74. The van der Waals surface area contributed by atoms with Crippen molar-refractivity contribution in [3.63, 3.8) is 0 Å². The topological polar surface area (TPSA) is 76.1 Å². The van der Waals surface area contributed by atoms with Gasteiger partial charge in [0.25, 0.3) is 0 Å². The third-order valence-corrected chi connectivity index (χ3v) is 2.33. The van der Waals surface area contributed by atoms with Crippen molar-refractivity contribution in [3.05, 3.63) is 47.7 Å². The highest BCUT2D eigenvalue weighted by Crippen LogP contribution is 2.14. The number of carbonyl (C=O) groups is 1. The minimum Gasteiger partial charge on any atom is -0.473 e. The Bertz CT molecular complexity index is 533. The number of benzene rings is 1. The van der Waals surface area contributed by atoms with Gasteiger partial charge >= 0.3 is 6.03 Å². The summed E-state index contributed by atoms with van der Waals surface area (Å²) < 4.78 is 5.30. The molecule has 2 aromatic rings. The lowest BCUT2D eigenvalue weighted by Gasteiger charge is -2.08. The highest BCUT2D eigenvalue weighted by Gasteiger charge is 2.02. The van der Waals surface area contributed by atoms with Crippen molar-refractivity contribution < 1.29 is 9.53 Å². The number of nitrogens with one attached hydrogen (secondary N) is 2. The van der Waals surface area contributed by atoms with Gasteiger partial charge in [-0.2, -0.15) is 0 Å². The van der Waals surface area contributed by atoms with Gasteiger partial charge in [0.1, 0.15) is 5.75 Å². The number of hydrogen-bond acceptors (Lipinski definition) is 4. The van der Waals surface area contributed by atoms with Crippen LogP contribution in [0.25, 0.3) is 0 Å². The molecule has 1 aromatic heterocycles. The van der Waals surface area contributed by atoms with Gasteiger partial charge in [0.2, 0.25) is 5.95 Å². The molecule has 1 heterocycles. The Morgan fingerprint density at radius 3 is 2.58 bits per heavy atom. The van der Waals surface area contributed by atoms with E-state index in [1.54, 1.807) is 30.3 Å². The number of nitrogens with zero attached hydrogens (tertiary/aromatic N) is 2. The molecule has 2 amide bonds. The van der Waals surface area contributed by atoms with Gasteiger partial charge in [-0.25, -0.2) is 14.8 Å². The highest BCUT2D eigenvalue weighted by atomic mass is 35.5. The van der Waals surface area contributed by atoms with Gasteiger partial charge in [0.05, 0.1) is 0 Å². The lowest BCUT2D eigenvalue weighted by Crippen LogP contribution is -2.32. The van der Waals surface area contributed by atoms with Crippen molar-refractivity contribution in [1.82, 2.24) is 15.3 Å². The molecule has 1 aromatic carbocycles. The molecule has 0 radical (unpaired) electrons. The third kappa shape index (κ3) is 4.44. The molecule has 0 aliphatic rings. The van der Waals surface area contributed by atoms with Crippen LogP contribution >= 0.6 is 11.6 Å². The molecule has 98 valence electrons. The number of halogens is 1. The van der Waals surface area contributed by atoms with Crippen LogP contribution in [0.2, 0.25) is 5.02 Å². The Morgan fingerprint density at radius 2 is 1.89 bits per heavy atom. The molecule has 0 bridgehead atoms. The van der Waals surface area contributed by atoms with Crippen LogP contribution < -0.4 is 15.4 Å². The molecule has 0 spiro atoms. The zero-order valence-electron chi connectivity index (χ0n) is 9.84. The number of anilines is 1. The molecule has 0 unspecified atom stereocenters. The van der Waals surface area contributed by atoms with E-state index in [1.807, 2.05) is 0 Å². The molecular formula is C12H11ClN4O2. The van der Waals surface area contributed by atoms with E-state index >= 15 is 0 Å².